The molecule has 1 aromatic heterocycles. The van der Waals surface area contributed by atoms with E-state index in [0.29, 0.717) is 27.7 Å². The first kappa shape index (κ1) is 23.5. The first-order chi connectivity index (χ1) is 15.8. The van der Waals surface area contributed by atoms with Gasteiger partial charge in [0, 0.05) is 22.2 Å². The van der Waals surface area contributed by atoms with Crippen molar-refractivity contribution in [3.63, 3.8) is 0 Å². The molecule has 172 valence electrons. The van der Waals surface area contributed by atoms with Crippen LogP contribution in [0.25, 0.3) is 0 Å². The minimum atomic E-state index is -0.425. The van der Waals surface area contributed by atoms with E-state index >= 15 is 0 Å². The minimum absolute atomic E-state index is 0.0977. The molecule has 1 amide bonds. The van der Waals surface area contributed by atoms with Crippen LogP contribution >= 0.6 is 23.4 Å². The van der Waals surface area contributed by atoms with Crippen LogP contribution in [0.4, 0.5) is 11.6 Å². The lowest BCUT2D eigenvalue weighted by Gasteiger charge is -2.31. The maximum Gasteiger partial charge on any atom is 0.249 e. The summed E-state index contributed by atoms with van der Waals surface area (Å²) < 4.78 is 1.85. The fourth-order valence-electron chi connectivity index (χ4n) is 4.05. The van der Waals surface area contributed by atoms with Crippen molar-refractivity contribution in [3.05, 3.63) is 64.7 Å². The van der Waals surface area contributed by atoms with Crippen molar-refractivity contribution in [2.75, 3.05) is 5.32 Å². The number of hydrogen-bond donors (Lipinski definition) is 1. The largest absolute Gasteiger partial charge is 0.325 e. The molecule has 8 heteroatoms. The normalized spacial score (nSPS) is 17.6. The standard InChI is InChI=1S/C25H28ClN5OS/c1-15(2)13-21-22(23(32)28-20-11-9-19(26)10-12-20)17(4)27-24-29-25(30-31(21)24)33-14-18-8-6-5-7-16(18)3/h5-12,15,21-22H,13-14H2,1-4H3,(H,28,32). The van der Waals surface area contributed by atoms with E-state index in [-0.39, 0.29) is 11.9 Å². The molecule has 0 bridgehead atoms. The molecule has 0 saturated carbocycles. The molecule has 2 aromatic carbocycles. The van der Waals surface area contributed by atoms with Crippen molar-refractivity contribution in [3.8, 4) is 0 Å². The average molecular weight is 482 g/mol. The van der Waals surface area contributed by atoms with Gasteiger partial charge in [-0.05, 0) is 61.6 Å². The number of rotatable bonds is 7. The van der Waals surface area contributed by atoms with E-state index in [1.165, 1.54) is 11.1 Å². The van der Waals surface area contributed by atoms with Gasteiger partial charge in [0.2, 0.25) is 17.0 Å². The molecular weight excluding hydrogens is 454 g/mol. The molecule has 0 radical (unpaired) electrons. The topological polar surface area (TPSA) is 72.2 Å². The molecule has 6 nitrogen and oxygen atoms in total. The molecule has 1 aliphatic rings. The Hall–Kier alpha value is -2.64. The predicted molar refractivity (Wildman–Crippen MR) is 136 cm³/mol. The number of thioether (sulfide) groups is 1. The molecule has 0 aliphatic carbocycles. The zero-order valence-corrected chi connectivity index (χ0v) is 20.8. The Labute approximate surface area is 203 Å². The number of carbonyl (C=O) groups is 1. The zero-order valence-electron chi connectivity index (χ0n) is 19.2. The van der Waals surface area contributed by atoms with Crippen LogP contribution in [0.2, 0.25) is 5.02 Å². The van der Waals surface area contributed by atoms with Gasteiger partial charge in [-0.15, -0.1) is 5.10 Å². The number of fused-ring (bicyclic) bond motifs is 1. The van der Waals surface area contributed by atoms with Crippen LogP contribution in [0.3, 0.4) is 0 Å². The van der Waals surface area contributed by atoms with Crippen molar-refractivity contribution in [1.82, 2.24) is 14.8 Å². The van der Waals surface area contributed by atoms with Crippen LogP contribution < -0.4 is 5.32 Å². The van der Waals surface area contributed by atoms with Crippen LogP contribution in [-0.4, -0.2) is 26.4 Å². The third-order valence-electron chi connectivity index (χ3n) is 5.74. The van der Waals surface area contributed by atoms with E-state index in [2.05, 4.69) is 48.2 Å². The number of aliphatic imine (C=N–C) groups is 1. The van der Waals surface area contributed by atoms with E-state index in [4.69, 9.17) is 16.7 Å². The summed E-state index contributed by atoms with van der Waals surface area (Å²) in [5, 5.41) is 9.10. The summed E-state index contributed by atoms with van der Waals surface area (Å²) in [4.78, 5) is 22.7. The number of aryl methyl sites for hydroxylation is 1. The van der Waals surface area contributed by atoms with E-state index < -0.39 is 5.92 Å². The number of anilines is 1. The summed E-state index contributed by atoms with van der Waals surface area (Å²) in [5.41, 5.74) is 3.97. The number of aromatic nitrogens is 3. The lowest BCUT2D eigenvalue weighted by molar-refractivity contribution is -0.119. The number of nitrogens with one attached hydrogen (secondary N) is 1. The third kappa shape index (κ3) is 5.47. The van der Waals surface area contributed by atoms with Crippen LogP contribution in [0.15, 0.2) is 58.7 Å². The summed E-state index contributed by atoms with van der Waals surface area (Å²) in [5.74, 6) is 1.22. The molecule has 2 unspecified atom stereocenters. The third-order valence-corrected chi connectivity index (χ3v) is 6.88. The van der Waals surface area contributed by atoms with E-state index in [1.54, 1.807) is 36.0 Å². The second-order valence-corrected chi connectivity index (χ2v) is 10.2. The Balaban J connectivity index is 1.58. The number of benzene rings is 2. The summed E-state index contributed by atoms with van der Waals surface area (Å²) in [6.45, 7) is 8.31. The number of carbonyl (C=O) groups excluding carboxylic acids is 1. The maximum absolute atomic E-state index is 13.3. The van der Waals surface area contributed by atoms with Gasteiger partial charge in [0.1, 0.15) is 0 Å². The Kier molecular flexibility index (Phi) is 7.20. The summed E-state index contributed by atoms with van der Waals surface area (Å²) in [6, 6.07) is 15.3. The quantitative estimate of drug-likeness (QED) is 0.392. The molecule has 33 heavy (non-hydrogen) atoms. The van der Waals surface area contributed by atoms with Crippen molar-refractivity contribution in [1.29, 1.82) is 0 Å². The SMILES string of the molecule is CC1=Nc2nc(SCc3ccccc3C)nn2C(CC(C)C)C1C(=O)Nc1ccc(Cl)cc1. The molecule has 0 saturated heterocycles. The van der Waals surface area contributed by atoms with Crippen LogP contribution in [0.1, 0.15) is 44.4 Å². The second kappa shape index (κ2) is 10.1. The number of halogens is 1. The Morgan fingerprint density at radius 3 is 2.58 bits per heavy atom. The first-order valence-corrected chi connectivity index (χ1v) is 12.4. The fraction of sp³-hybridized carbons (Fsp3) is 0.360. The van der Waals surface area contributed by atoms with Crippen LogP contribution in [0, 0.1) is 18.8 Å². The summed E-state index contributed by atoms with van der Waals surface area (Å²) in [7, 11) is 0. The van der Waals surface area contributed by atoms with Gasteiger partial charge in [-0.3, -0.25) is 4.79 Å². The summed E-state index contributed by atoms with van der Waals surface area (Å²) >= 11 is 7.57. The highest BCUT2D eigenvalue weighted by atomic mass is 35.5. The molecule has 1 aliphatic heterocycles. The number of hydrogen-bond acceptors (Lipinski definition) is 5. The van der Waals surface area contributed by atoms with Crippen LogP contribution in [0.5, 0.6) is 0 Å². The van der Waals surface area contributed by atoms with Crippen LogP contribution in [-0.2, 0) is 10.5 Å². The fourth-order valence-corrected chi connectivity index (χ4v) is 5.08. The van der Waals surface area contributed by atoms with Gasteiger partial charge in [0.25, 0.3) is 0 Å². The van der Waals surface area contributed by atoms with Crippen molar-refractivity contribution < 1.29 is 4.79 Å². The molecule has 2 heterocycles. The van der Waals surface area contributed by atoms with Gasteiger partial charge in [0.05, 0.1) is 12.0 Å². The Bertz CT molecular complexity index is 1170. The molecule has 2 atom stereocenters. The monoisotopic (exact) mass is 481 g/mol. The van der Waals surface area contributed by atoms with E-state index in [1.807, 2.05) is 23.7 Å². The molecule has 1 N–H and O–H groups in total. The van der Waals surface area contributed by atoms with E-state index in [9.17, 15) is 4.79 Å². The smallest absolute Gasteiger partial charge is 0.249 e. The molecule has 3 aromatic rings. The van der Waals surface area contributed by atoms with E-state index in [0.717, 1.165) is 17.9 Å². The summed E-state index contributed by atoms with van der Waals surface area (Å²) in [6.07, 6.45) is 0.795. The predicted octanol–water partition coefficient (Wildman–Crippen LogP) is 6.48. The first-order valence-electron chi connectivity index (χ1n) is 11.1. The molecular formula is C25H28ClN5OS. The number of amides is 1. The van der Waals surface area contributed by atoms with Gasteiger partial charge in [-0.25, -0.2) is 9.67 Å². The molecule has 0 spiro atoms. The highest BCUT2D eigenvalue weighted by molar-refractivity contribution is 7.98. The number of nitrogens with zero attached hydrogens (tertiary/aromatic N) is 4. The average Bonchev–Trinajstić information content (AvgIpc) is 3.17. The van der Waals surface area contributed by atoms with Gasteiger partial charge in [-0.2, -0.15) is 4.98 Å². The van der Waals surface area contributed by atoms with Gasteiger partial charge in [-0.1, -0.05) is 61.5 Å². The van der Waals surface area contributed by atoms with Crippen molar-refractivity contribution in [2.45, 2.75) is 51.1 Å². The zero-order chi connectivity index (χ0) is 23.5. The lowest BCUT2D eigenvalue weighted by atomic mass is 9.87. The second-order valence-electron chi connectivity index (χ2n) is 8.78. The minimum Gasteiger partial charge on any atom is -0.325 e. The maximum atomic E-state index is 13.3. The Morgan fingerprint density at radius 2 is 1.88 bits per heavy atom. The molecule has 0 fully saturated rings. The van der Waals surface area contributed by atoms with Gasteiger partial charge in [0.15, 0.2) is 0 Å². The van der Waals surface area contributed by atoms with Crippen molar-refractivity contribution >= 4 is 46.6 Å². The Morgan fingerprint density at radius 1 is 1.15 bits per heavy atom. The lowest BCUT2D eigenvalue weighted by Crippen LogP contribution is -2.39. The van der Waals surface area contributed by atoms with Gasteiger partial charge >= 0.3 is 0 Å². The highest BCUT2D eigenvalue weighted by Crippen LogP contribution is 2.37. The highest BCUT2D eigenvalue weighted by Gasteiger charge is 2.38. The van der Waals surface area contributed by atoms with Gasteiger partial charge < -0.3 is 5.32 Å². The molecule has 4 rings (SSSR count). The van der Waals surface area contributed by atoms with Crippen molar-refractivity contribution in [2.24, 2.45) is 16.8 Å².